The number of fused-ring (bicyclic) bond motifs is 1. The zero-order valence-corrected chi connectivity index (χ0v) is 18.5. The average Bonchev–Trinajstić information content (AvgIpc) is 3.37. The molecule has 0 bridgehead atoms. The normalized spacial score (nSPS) is 12.0. The van der Waals surface area contributed by atoms with Gasteiger partial charge in [-0.1, -0.05) is 29.5 Å². The molecule has 0 unspecified atom stereocenters. The lowest BCUT2D eigenvalue weighted by Crippen LogP contribution is -2.17. The number of methoxy groups -OCH3 is 2. The van der Waals surface area contributed by atoms with Crippen LogP contribution in [0.2, 0.25) is 0 Å². The number of hydrogen-bond donors (Lipinski definition) is 1. The minimum absolute atomic E-state index is 0.122. The number of aliphatic imine (C=N–C) groups is 1. The first kappa shape index (κ1) is 22.6. The van der Waals surface area contributed by atoms with Crippen LogP contribution in [0.1, 0.15) is 16.8 Å². The Balaban J connectivity index is 1.60. The summed E-state index contributed by atoms with van der Waals surface area (Å²) in [6.07, 6.45) is -3.35. The van der Waals surface area contributed by atoms with Crippen molar-refractivity contribution >= 4 is 27.8 Å². The van der Waals surface area contributed by atoms with Crippen molar-refractivity contribution in [3.8, 4) is 16.6 Å². The van der Waals surface area contributed by atoms with Gasteiger partial charge >= 0.3 is 6.18 Å². The molecule has 0 aliphatic rings. The summed E-state index contributed by atoms with van der Waals surface area (Å²) in [6.45, 7) is 0.179. The topological polar surface area (TPSA) is 81.5 Å². The van der Waals surface area contributed by atoms with Gasteiger partial charge in [-0.25, -0.2) is 4.98 Å². The quantitative estimate of drug-likeness (QED) is 0.399. The number of benzene rings is 2. The van der Waals surface area contributed by atoms with Gasteiger partial charge in [-0.05, 0) is 36.2 Å². The molecule has 0 spiro atoms. The highest BCUT2D eigenvalue weighted by Gasteiger charge is 2.38. The Morgan fingerprint density at radius 1 is 1.15 bits per heavy atom. The van der Waals surface area contributed by atoms with E-state index < -0.39 is 23.0 Å². The number of rotatable bonds is 7. The molecule has 4 aromatic rings. The van der Waals surface area contributed by atoms with Crippen molar-refractivity contribution in [2.75, 3.05) is 20.8 Å². The van der Waals surface area contributed by atoms with Crippen molar-refractivity contribution in [2.24, 2.45) is 4.99 Å². The van der Waals surface area contributed by atoms with Gasteiger partial charge in [0.1, 0.15) is 0 Å². The van der Waals surface area contributed by atoms with Gasteiger partial charge in [-0.2, -0.15) is 17.9 Å². The number of para-hydroxylation sites is 1. The van der Waals surface area contributed by atoms with E-state index in [0.29, 0.717) is 23.4 Å². The number of ether oxygens (including phenoxy) is 2. The number of aromatic nitrogens is 3. The highest BCUT2D eigenvalue weighted by Crippen LogP contribution is 2.31. The summed E-state index contributed by atoms with van der Waals surface area (Å²) < 4.78 is 52.8. The third kappa shape index (κ3) is 4.63. The largest absolute Gasteiger partial charge is 0.493 e. The first-order chi connectivity index (χ1) is 15.8. The molecule has 2 heterocycles. The lowest BCUT2D eigenvalue weighted by molar-refractivity contribution is -0.141. The highest BCUT2D eigenvalue weighted by atomic mass is 32.1. The predicted octanol–water partition coefficient (Wildman–Crippen LogP) is 4.47. The number of aromatic amines is 1. The fourth-order valence-corrected chi connectivity index (χ4v) is 4.19. The Kier molecular flexibility index (Phi) is 6.23. The van der Waals surface area contributed by atoms with Crippen molar-refractivity contribution in [1.82, 2.24) is 14.8 Å². The Hall–Kier alpha value is -3.60. The second-order valence-corrected chi connectivity index (χ2v) is 7.99. The molecule has 0 fully saturated rings. The summed E-state index contributed by atoms with van der Waals surface area (Å²) in [5, 5.41) is 2.28. The molecule has 0 saturated heterocycles. The molecule has 0 saturated carbocycles. The molecule has 0 aliphatic carbocycles. The summed E-state index contributed by atoms with van der Waals surface area (Å²) >= 11 is 1.12. The van der Waals surface area contributed by atoms with Crippen molar-refractivity contribution in [3.05, 3.63) is 69.6 Å². The molecule has 172 valence electrons. The van der Waals surface area contributed by atoms with Crippen LogP contribution < -0.4 is 15.0 Å². The van der Waals surface area contributed by atoms with Crippen LogP contribution in [0.3, 0.4) is 0 Å². The lowest BCUT2D eigenvalue weighted by atomic mass is 10.1. The predicted molar refractivity (Wildman–Crippen MR) is 120 cm³/mol. The maximum Gasteiger partial charge on any atom is 0.433 e. The Morgan fingerprint density at radius 2 is 1.91 bits per heavy atom. The van der Waals surface area contributed by atoms with E-state index >= 15 is 0 Å². The van der Waals surface area contributed by atoms with E-state index in [9.17, 15) is 18.0 Å². The van der Waals surface area contributed by atoms with Crippen LogP contribution in [0.4, 0.5) is 13.2 Å². The molecule has 0 amide bonds. The highest BCUT2D eigenvalue weighted by molar-refractivity contribution is 7.20. The zero-order chi connectivity index (χ0) is 23.6. The van der Waals surface area contributed by atoms with Gasteiger partial charge in [0.2, 0.25) is 5.13 Å². The van der Waals surface area contributed by atoms with Crippen LogP contribution in [-0.2, 0) is 12.6 Å². The maximum atomic E-state index is 13.6. The Morgan fingerprint density at radius 3 is 2.61 bits per heavy atom. The summed E-state index contributed by atoms with van der Waals surface area (Å²) in [4.78, 5) is 21.1. The third-order valence-corrected chi connectivity index (χ3v) is 5.90. The molecular weight excluding hydrogens is 457 g/mol. The van der Waals surface area contributed by atoms with Crippen LogP contribution >= 0.6 is 11.3 Å². The Labute approximate surface area is 190 Å². The molecule has 4 rings (SSSR count). The SMILES string of the molecule is COc1ccc(CCN=Cc2c(C(F)(F)F)[nH]n(-c3nc4ccccc4s3)c2=O)cc1OC. The lowest BCUT2D eigenvalue weighted by Gasteiger charge is -2.08. The standard InChI is InChI=1S/C22H19F3N4O3S/c1-31-16-8-7-13(11-17(16)32-2)9-10-26-12-14-19(22(23,24)25)28-29(20(14)30)21-27-15-5-3-4-6-18(15)33-21/h3-8,11-12,28H,9-10H2,1-2H3. The molecule has 0 radical (unpaired) electrons. The molecule has 7 nitrogen and oxygen atoms in total. The molecular formula is C22H19F3N4O3S. The van der Waals surface area contributed by atoms with E-state index in [4.69, 9.17) is 9.47 Å². The molecule has 0 aliphatic heterocycles. The number of nitrogens with one attached hydrogen (secondary N) is 1. The summed E-state index contributed by atoms with van der Waals surface area (Å²) in [5.74, 6) is 1.12. The molecule has 1 N–H and O–H groups in total. The van der Waals surface area contributed by atoms with Gasteiger partial charge in [0.25, 0.3) is 5.56 Å². The smallest absolute Gasteiger partial charge is 0.433 e. The summed E-state index contributed by atoms with van der Waals surface area (Å²) in [5.41, 5.74) is -1.13. The molecule has 11 heteroatoms. The van der Waals surface area contributed by atoms with Crippen molar-refractivity contribution < 1.29 is 22.6 Å². The van der Waals surface area contributed by atoms with E-state index in [1.165, 1.54) is 14.2 Å². The van der Waals surface area contributed by atoms with Crippen LogP contribution in [0, 0.1) is 0 Å². The fraction of sp³-hybridized carbons (Fsp3) is 0.227. The Bertz CT molecular complexity index is 1340. The molecule has 0 atom stereocenters. The van der Waals surface area contributed by atoms with Crippen LogP contribution in [0.25, 0.3) is 15.3 Å². The van der Waals surface area contributed by atoms with Crippen molar-refractivity contribution in [1.29, 1.82) is 0 Å². The molecule has 33 heavy (non-hydrogen) atoms. The summed E-state index contributed by atoms with van der Waals surface area (Å²) in [7, 11) is 3.04. The minimum Gasteiger partial charge on any atom is -0.493 e. The van der Waals surface area contributed by atoms with Gasteiger partial charge in [-0.3, -0.25) is 14.9 Å². The second kappa shape index (κ2) is 9.10. The number of thiazole rings is 1. The first-order valence-corrected chi connectivity index (χ1v) is 10.6. The second-order valence-electron chi connectivity index (χ2n) is 6.98. The minimum atomic E-state index is -4.76. The third-order valence-electron chi connectivity index (χ3n) is 4.88. The fourth-order valence-electron chi connectivity index (χ4n) is 3.26. The number of alkyl halides is 3. The van der Waals surface area contributed by atoms with Gasteiger partial charge in [0.05, 0.1) is 30.0 Å². The number of nitrogens with zero attached hydrogens (tertiary/aromatic N) is 3. The van der Waals surface area contributed by atoms with Crippen LogP contribution in [-0.4, -0.2) is 41.7 Å². The number of halogens is 3. The monoisotopic (exact) mass is 476 g/mol. The van der Waals surface area contributed by atoms with Crippen molar-refractivity contribution in [3.63, 3.8) is 0 Å². The number of hydrogen-bond acceptors (Lipinski definition) is 6. The van der Waals surface area contributed by atoms with Crippen LogP contribution in [0.15, 0.2) is 52.3 Å². The molecule has 2 aromatic carbocycles. The van der Waals surface area contributed by atoms with E-state index in [-0.39, 0.29) is 11.7 Å². The average molecular weight is 476 g/mol. The van der Waals surface area contributed by atoms with E-state index in [0.717, 1.165) is 32.5 Å². The first-order valence-electron chi connectivity index (χ1n) is 9.80. The van der Waals surface area contributed by atoms with E-state index in [1.807, 2.05) is 6.07 Å². The van der Waals surface area contributed by atoms with E-state index in [1.54, 1.807) is 36.4 Å². The van der Waals surface area contributed by atoms with Gasteiger partial charge in [-0.15, -0.1) is 0 Å². The zero-order valence-electron chi connectivity index (χ0n) is 17.6. The maximum absolute atomic E-state index is 13.6. The van der Waals surface area contributed by atoms with E-state index in [2.05, 4.69) is 15.1 Å². The molecule has 2 aromatic heterocycles. The number of H-pyrrole nitrogens is 1. The van der Waals surface area contributed by atoms with Gasteiger partial charge in [0.15, 0.2) is 17.2 Å². The van der Waals surface area contributed by atoms with Gasteiger partial charge < -0.3 is 9.47 Å². The summed E-state index contributed by atoms with van der Waals surface area (Å²) in [6, 6.07) is 12.4. The van der Waals surface area contributed by atoms with Crippen LogP contribution in [0.5, 0.6) is 11.5 Å². The van der Waals surface area contributed by atoms with Gasteiger partial charge in [0, 0.05) is 12.8 Å². The van der Waals surface area contributed by atoms with Crippen molar-refractivity contribution in [2.45, 2.75) is 12.6 Å².